The summed E-state index contributed by atoms with van der Waals surface area (Å²) in [5.41, 5.74) is 2.06. The van der Waals surface area contributed by atoms with Crippen molar-refractivity contribution in [1.29, 1.82) is 0 Å². The van der Waals surface area contributed by atoms with Crippen LogP contribution in [0.4, 0.5) is 10.5 Å². The number of amides is 2. The van der Waals surface area contributed by atoms with Crippen LogP contribution in [-0.4, -0.2) is 18.9 Å². The molecule has 2 aliphatic heterocycles. The van der Waals surface area contributed by atoms with E-state index in [1.807, 2.05) is 50.2 Å². The number of carbonyl (C=O) groups excluding carboxylic acids is 1. The molecule has 0 unspecified atom stereocenters. The van der Waals surface area contributed by atoms with Gasteiger partial charge in [0.15, 0.2) is 17.2 Å². The molecule has 0 aliphatic carbocycles. The van der Waals surface area contributed by atoms with Crippen LogP contribution in [-0.2, 0) is 0 Å². The second-order valence-electron chi connectivity index (χ2n) is 6.68. The van der Waals surface area contributed by atoms with E-state index in [-0.39, 0.29) is 12.1 Å². The number of ether oxygens (including phenoxy) is 2. The third-order valence-corrected chi connectivity index (χ3v) is 5.24. The van der Waals surface area contributed by atoms with Crippen molar-refractivity contribution in [1.82, 2.24) is 5.32 Å². The van der Waals surface area contributed by atoms with E-state index in [0.717, 1.165) is 21.3 Å². The Balaban J connectivity index is 1.84. The first kappa shape index (κ1) is 16.3. The fraction of sp³-hybridized carbons (Fsp3) is 0.316. The number of anilines is 1. The van der Waals surface area contributed by atoms with Crippen LogP contribution in [0.15, 0.2) is 40.9 Å². The van der Waals surface area contributed by atoms with E-state index in [1.165, 1.54) is 0 Å². The molecule has 2 aromatic carbocycles. The molecule has 1 fully saturated rings. The number of halogens is 1. The number of methoxy groups -OCH3 is 1. The molecule has 0 aromatic heterocycles. The summed E-state index contributed by atoms with van der Waals surface area (Å²) in [5.74, 6) is 1.34. The van der Waals surface area contributed by atoms with Gasteiger partial charge in [-0.3, -0.25) is 4.90 Å². The predicted molar refractivity (Wildman–Crippen MR) is 99.3 cm³/mol. The van der Waals surface area contributed by atoms with Gasteiger partial charge in [-0.1, -0.05) is 28.1 Å². The maximum Gasteiger partial charge on any atom is 0.325 e. The number of nitrogens with zero attached hydrogens (tertiary/aromatic N) is 1. The lowest BCUT2D eigenvalue weighted by Crippen LogP contribution is -2.65. The minimum absolute atomic E-state index is 0.117. The van der Waals surface area contributed by atoms with Crippen LogP contribution in [0, 0.1) is 6.92 Å². The normalized spacial score (nSPS) is 24.2. The molecule has 2 heterocycles. The third kappa shape index (κ3) is 2.56. The standard InChI is InChI=1S/C19H19BrN2O3/c1-11-5-4-6-13(7-11)22-18(23)21-15-10-19(22,2)25-17-14(15)8-12(20)9-16(17)24-3/h4-9,15H,10H2,1-3H3,(H,21,23)/t15-,19-/m0/s1. The van der Waals surface area contributed by atoms with Gasteiger partial charge in [-0.2, -0.15) is 0 Å². The van der Waals surface area contributed by atoms with Gasteiger partial charge in [0, 0.05) is 22.1 Å². The summed E-state index contributed by atoms with van der Waals surface area (Å²) < 4.78 is 12.8. The summed E-state index contributed by atoms with van der Waals surface area (Å²) in [4.78, 5) is 14.6. The Bertz CT molecular complexity index is 870. The zero-order valence-electron chi connectivity index (χ0n) is 14.3. The summed E-state index contributed by atoms with van der Waals surface area (Å²) in [6, 6.07) is 11.4. The van der Waals surface area contributed by atoms with Crippen molar-refractivity contribution in [2.75, 3.05) is 12.0 Å². The Morgan fingerprint density at radius 3 is 2.88 bits per heavy atom. The Kier molecular flexibility index (Phi) is 3.68. The molecule has 4 rings (SSSR count). The molecule has 2 aliphatic rings. The lowest BCUT2D eigenvalue weighted by Gasteiger charge is -2.50. The number of rotatable bonds is 2. The second kappa shape index (κ2) is 5.66. The third-order valence-electron chi connectivity index (χ3n) is 4.78. The highest BCUT2D eigenvalue weighted by Crippen LogP contribution is 2.50. The number of fused-ring (bicyclic) bond motifs is 4. The predicted octanol–water partition coefficient (Wildman–Crippen LogP) is 4.54. The fourth-order valence-electron chi connectivity index (χ4n) is 3.71. The highest BCUT2D eigenvalue weighted by atomic mass is 79.9. The molecule has 0 saturated carbocycles. The van der Waals surface area contributed by atoms with Gasteiger partial charge < -0.3 is 14.8 Å². The van der Waals surface area contributed by atoms with Gasteiger partial charge in [0.2, 0.25) is 0 Å². The smallest absolute Gasteiger partial charge is 0.325 e. The molecule has 0 radical (unpaired) electrons. The van der Waals surface area contributed by atoms with Crippen LogP contribution in [0.5, 0.6) is 11.5 Å². The number of urea groups is 1. The topological polar surface area (TPSA) is 50.8 Å². The lowest BCUT2D eigenvalue weighted by atomic mass is 9.90. The van der Waals surface area contributed by atoms with Crippen LogP contribution in [0.1, 0.15) is 30.5 Å². The van der Waals surface area contributed by atoms with Gasteiger partial charge in [0.05, 0.1) is 13.2 Å². The van der Waals surface area contributed by atoms with Crippen molar-refractivity contribution in [2.45, 2.75) is 32.0 Å². The van der Waals surface area contributed by atoms with Crippen molar-refractivity contribution in [3.63, 3.8) is 0 Å². The Morgan fingerprint density at radius 2 is 2.16 bits per heavy atom. The monoisotopic (exact) mass is 402 g/mol. The number of hydrogen-bond donors (Lipinski definition) is 1. The molecule has 1 saturated heterocycles. The van der Waals surface area contributed by atoms with E-state index in [0.29, 0.717) is 17.9 Å². The zero-order chi connectivity index (χ0) is 17.8. The maximum atomic E-state index is 12.9. The van der Waals surface area contributed by atoms with E-state index in [1.54, 1.807) is 12.0 Å². The molecule has 1 N–H and O–H groups in total. The molecule has 25 heavy (non-hydrogen) atoms. The number of nitrogens with one attached hydrogen (secondary N) is 1. The van der Waals surface area contributed by atoms with Gasteiger partial charge in [-0.15, -0.1) is 0 Å². The molecule has 0 spiro atoms. The highest BCUT2D eigenvalue weighted by Gasteiger charge is 2.50. The van der Waals surface area contributed by atoms with Gasteiger partial charge in [0.1, 0.15) is 0 Å². The van der Waals surface area contributed by atoms with Crippen molar-refractivity contribution < 1.29 is 14.3 Å². The van der Waals surface area contributed by atoms with Crippen LogP contribution in [0.25, 0.3) is 0 Å². The minimum Gasteiger partial charge on any atom is -0.493 e. The van der Waals surface area contributed by atoms with E-state index >= 15 is 0 Å². The van der Waals surface area contributed by atoms with Gasteiger partial charge in [-0.25, -0.2) is 4.79 Å². The molecule has 2 atom stereocenters. The first-order valence-corrected chi connectivity index (χ1v) is 8.94. The average Bonchev–Trinajstić information content (AvgIpc) is 2.54. The van der Waals surface area contributed by atoms with Crippen molar-refractivity contribution >= 4 is 27.6 Å². The van der Waals surface area contributed by atoms with E-state index < -0.39 is 5.72 Å². The molecular formula is C19H19BrN2O3. The van der Waals surface area contributed by atoms with Crippen LogP contribution < -0.4 is 19.7 Å². The first-order chi connectivity index (χ1) is 11.9. The summed E-state index contributed by atoms with van der Waals surface area (Å²) >= 11 is 3.50. The van der Waals surface area contributed by atoms with Crippen molar-refractivity contribution in [3.8, 4) is 11.5 Å². The van der Waals surface area contributed by atoms with Gasteiger partial charge in [-0.05, 0) is 43.7 Å². The quantitative estimate of drug-likeness (QED) is 0.802. The van der Waals surface area contributed by atoms with Gasteiger partial charge >= 0.3 is 6.03 Å². The summed E-state index contributed by atoms with van der Waals surface area (Å²) in [6.45, 7) is 3.96. The molecule has 2 aromatic rings. The Hall–Kier alpha value is -2.21. The zero-order valence-corrected chi connectivity index (χ0v) is 15.9. The SMILES string of the molecule is COc1cc(Br)cc2c1O[C@@]1(C)C[C@@H]2NC(=O)N1c1cccc(C)c1. The fourth-order valence-corrected chi connectivity index (χ4v) is 4.16. The Morgan fingerprint density at radius 1 is 1.36 bits per heavy atom. The summed E-state index contributed by atoms with van der Waals surface area (Å²) in [7, 11) is 1.62. The average molecular weight is 403 g/mol. The molecule has 2 amide bonds. The van der Waals surface area contributed by atoms with Crippen molar-refractivity contribution in [3.05, 3.63) is 52.0 Å². The van der Waals surface area contributed by atoms with Crippen LogP contribution in [0.2, 0.25) is 0 Å². The van der Waals surface area contributed by atoms with Gasteiger partial charge in [0.25, 0.3) is 0 Å². The minimum atomic E-state index is -0.783. The number of hydrogen-bond acceptors (Lipinski definition) is 3. The molecular weight excluding hydrogens is 384 g/mol. The second-order valence-corrected chi connectivity index (χ2v) is 7.60. The maximum absolute atomic E-state index is 12.9. The van der Waals surface area contributed by atoms with E-state index in [2.05, 4.69) is 21.2 Å². The number of benzene rings is 2. The van der Waals surface area contributed by atoms with Crippen LogP contribution in [0.3, 0.4) is 0 Å². The molecule has 2 bridgehead atoms. The van der Waals surface area contributed by atoms with E-state index in [4.69, 9.17) is 9.47 Å². The number of carbonyl (C=O) groups is 1. The number of aryl methyl sites for hydroxylation is 1. The molecule has 130 valence electrons. The van der Waals surface area contributed by atoms with Crippen LogP contribution >= 0.6 is 15.9 Å². The Labute approximate surface area is 155 Å². The molecule has 5 nitrogen and oxygen atoms in total. The lowest BCUT2D eigenvalue weighted by molar-refractivity contribution is 0.0349. The summed E-state index contributed by atoms with van der Waals surface area (Å²) in [6.07, 6.45) is 0.652. The molecule has 6 heteroatoms. The van der Waals surface area contributed by atoms with E-state index in [9.17, 15) is 4.79 Å². The first-order valence-electron chi connectivity index (χ1n) is 8.15. The van der Waals surface area contributed by atoms with Crippen molar-refractivity contribution in [2.24, 2.45) is 0 Å². The summed E-state index contributed by atoms with van der Waals surface area (Å²) in [5, 5.41) is 3.11. The largest absolute Gasteiger partial charge is 0.493 e. The highest BCUT2D eigenvalue weighted by molar-refractivity contribution is 9.10.